The second kappa shape index (κ2) is 4.23. The lowest BCUT2D eigenvalue weighted by molar-refractivity contribution is -0.143. The van der Waals surface area contributed by atoms with E-state index in [1.807, 2.05) is 0 Å². The Kier molecular flexibility index (Phi) is 3.45. The fourth-order valence-electron chi connectivity index (χ4n) is 1.60. The van der Waals surface area contributed by atoms with Gasteiger partial charge in [-0.3, -0.25) is 0 Å². The van der Waals surface area contributed by atoms with Gasteiger partial charge in [0.1, 0.15) is 0 Å². The van der Waals surface area contributed by atoms with Crippen LogP contribution in [0.5, 0.6) is 0 Å². The zero-order valence-corrected chi connectivity index (χ0v) is 9.13. The van der Waals surface area contributed by atoms with Crippen molar-refractivity contribution in [1.29, 1.82) is 0 Å². The van der Waals surface area contributed by atoms with Gasteiger partial charge >= 0.3 is 12.4 Å². The van der Waals surface area contributed by atoms with E-state index in [1.165, 1.54) is 13.8 Å². The molecule has 0 aromatic heterocycles. The Bertz CT molecular complexity index is 413. The van der Waals surface area contributed by atoms with E-state index in [0.717, 1.165) is 6.07 Å². The van der Waals surface area contributed by atoms with E-state index in [9.17, 15) is 26.3 Å². The molecule has 17 heavy (non-hydrogen) atoms. The van der Waals surface area contributed by atoms with E-state index >= 15 is 0 Å². The summed E-state index contributed by atoms with van der Waals surface area (Å²) in [5, 5.41) is 0. The summed E-state index contributed by atoms with van der Waals surface area (Å²) >= 11 is 0. The van der Waals surface area contributed by atoms with Crippen LogP contribution in [0.4, 0.5) is 26.3 Å². The maximum atomic E-state index is 12.6. The summed E-state index contributed by atoms with van der Waals surface area (Å²) in [5.74, 6) is 0. The van der Waals surface area contributed by atoms with E-state index in [0.29, 0.717) is 0 Å². The highest BCUT2D eigenvalue weighted by Crippen LogP contribution is 2.38. The van der Waals surface area contributed by atoms with Crippen LogP contribution in [0, 0.1) is 6.92 Å². The average molecular weight is 256 g/mol. The molecule has 0 N–H and O–H groups in total. The van der Waals surface area contributed by atoms with Crippen LogP contribution in [0.3, 0.4) is 0 Å². The maximum absolute atomic E-state index is 12.6. The molecule has 6 heteroatoms. The molecule has 0 heterocycles. The molecule has 0 aliphatic rings. The number of alkyl halides is 6. The van der Waals surface area contributed by atoms with Crippen LogP contribution in [0.25, 0.3) is 0 Å². The molecule has 1 aromatic carbocycles. The zero-order chi connectivity index (χ0) is 13.4. The van der Waals surface area contributed by atoms with Crippen LogP contribution >= 0.6 is 0 Å². The second-order valence-corrected chi connectivity index (χ2v) is 3.66. The Morgan fingerprint density at radius 2 is 1.47 bits per heavy atom. The normalized spacial score (nSPS) is 12.9. The highest BCUT2D eigenvalue weighted by molar-refractivity contribution is 5.41. The van der Waals surface area contributed by atoms with Crippen LogP contribution < -0.4 is 0 Å². The first kappa shape index (κ1) is 13.9. The molecule has 0 atom stereocenters. The third kappa shape index (κ3) is 2.92. The van der Waals surface area contributed by atoms with Gasteiger partial charge in [-0.05, 0) is 36.6 Å². The van der Waals surface area contributed by atoms with Gasteiger partial charge in [0.05, 0.1) is 11.1 Å². The highest BCUT2D eigenvalue weighted by atomic mass is 19.4. The Balaban J connectivity index is 3.50. The molecule has 0 saturated carbocycles. The van der Waals surface area contributed by atoms with Crippen molar-refractivity contribution in [3.63, 3.8) is 0 Å². The molecule has 0 aliphatic carbocycles. The van der Waals surface area contributed by atoms with Crippen LogP contribution in [0.2, 0.25) is 0 Å². The number of hydrogen-bond donors (Lipinski definition) is 0. The summed E-state index contributed by atoms with van der Waals surface area (Å²) in [6, 6.07) is 0.930. The monoisotopic (exact) mass is 256 g/mol. The first-order chi connectivity index (χ1) is 7.57. The van der Waals surface area contributed by atoms with Gasteiger partial charge in [-0.25, -0.2) is 0 Å². The summed E-state index contributed by atoms with van der Waals surface area (Å²) in [4.78, 5) is 0. The first-order valence-electron chi connectivity index (χ1n) is 4.85. The molecule has 0 radical (unpaired) electrons. The van der Waals surface area contributed by atoms with Crippen molar-refractivity contribution < 1.29 is 26.3 Å². The average Bonchev–Trinajstić information content (AvgIpc) is 2.14. The molecule has 0 nitrogen and oxygen atoms in total. The Morgan fingerprint density at radius 3 is 1.82 bits per heavy atom. The van der Waals surface area contributed by atoms with Crippen LogP contribution in [-0.4, -0.2) is 0 Å². The maximum Gasteiger partial charge on any atom is 0.416 e. The van der Waals surface area contributed by atoms with Crippen molar-refractivity contribution in [3.8, 4) is 0 Å². The third-order valence-electron chi connectivity index (χ3n) is 2.53. The molecular weight excluding hydrogens is 246 g/mol. The summed E-state index contributed by atoms with van der Waals surface area (Å²) < 4.78 is 75.0. The fraction of sp³-hybridized carbons (Fsp3) is 0.455. The van der Waals surface area contributed by atoms with Gasteiger partial charge < -0.3 is 0 Å². The van der Waals surface area contributed by atoms with Crippen molar-refractivity contribution >= 4 is 0 Å². The summed E-state index contributed by atoms with van der Waals surface area (Å²) in [6.07, 6.45) is -9.41. The van der Waals surface area contributed by atoms with E-state index in [4.69, 9.17) is 0 Å². The molecule has 0 unspecified atom stereocenters. The van der Waals surface area contributed by atoms with E-state index < -0.39 is 23.5 Å². The van der Waals surface area contributed by atoms with Gasteiger partial charge in [0.2, 0.25) is 0 Å². The smallest absolute Gasteiger partial charge is 0.166 e. The molecule has 0 spiro atoms. The number of hydrogen-bond acceptors (Lipinski definition) is 0. The molecule has 96 valence electrons. The molecule has 0 aliphatic heterocycles. The summed E-state index contributed by atoms with van der Waals surface area (Å²) in [7, 11) is 0. The SMILES string of the molecule is CCc1cc(C(F)(F)F)cc(C(F)(F)F)c1C. The molecule has 0 bridgehead atoms. The standard InChI is InChI=1S/C11H10F6/c1-3-7-4-8(10(12,13)14)5-9(6(7)2)11(15,16)17/h4-5H,3H2,1-2H3. The van der Waals surface area contributed by atoms with Gasteiger partial charge in [-0.2, -0.15) is 26.3 Å². The van der Waals surface area contributed by atoms with Crippen molar-refractivity contribution in [2.75, 3.05) is 0 Å². The first-order valence-corrected chi connectivity index (χ1v) is 4.85. The minimum Gasteiger partial charge on any atom is -0.166 e. The molecule has 0 amide bonds. The minimum absolute atomic E-state index is 0.0622. The quantitative estimate of drug-likeness (QED) is 0.644. The van der Waals surface area contributed by atoms with Gasteiger partial charge in [0.15, 0.2) is 0 Å². The number of aryl methyl sites for hydroxylation is 1. The predicted octanol–water partition coefficient (Wildman–Crippen LogP) is 4.60. The molecular formula is C11H10F6. The van der Waals surface area contributed by atoms with Crippen LogP contribution in [0.1, 0.15) is 29.2 Å². The second-order valence-electron chi connectivity index (χ2n) is 3.66. The Morgan fingerprint density at radius 1 is 0.941 bits per heavy atom. The number of halogens is 6. The van der Waals surface area contributed by atoms with Crippen molar-refractivity contribution in [2.24, 2.45) is 0 Å². The third-order valence-corrected chi connectivity index (χ3v) is 2.53. The zero-order valence-electron chi connectivity index (χ0n) is 9.13. The lowest BCUT2D eigenvalue weighted by Crippen LogP contribution is -2.14. The summed E-state index contributed by atoms with van der Waals surface area (Å²) in [6.45, 7) is 2.70. The largest absolute Gasteiger partial charge is 0.416 e. The molecule has 0 fully saturated rings. The van der Waals surface area contributed by atoms with Gasteiger partial charge in [-0.1, -0.05) is 6.92 Å². The number of rotatable bonds is 1. The van der Waals surface area contributed by atoms with Crippen molar-refractivity contribution in [3.05, 3.63) is 34.4 Å². The fourth-order valence-corrected chi connectivity index (χ4v) is 1.60. The van der Waals surface area contributed by atoms with Crippen LogP contribution in [0.15, 0.2) is 12.1 Å². The van der Waals surface area contributed by atoms with E-state index in [-0.39, 0.29) is 23.6 Å². The lowest BCUT2D eigenvalue weighted by atomic mass is 9.96. The minimum atomic E-state index is -4.77. The van der Waals surface area contributed by atoms with E-state index in [2.05, 4.69) is 0 Å². The molecule has 0 saturated heterocycles. The van der Waals surface area contributed by atoms with E-state index in [1.54, 1.807) is 0 Å². The highest BCUT2D eigenvalue weighted by Gasteiger charge is 2.38. The topological polar surface area (TPSA) is 0 Å². The molecule has 1 rings (SSSR count). The molecule has 1 aromatic rings. The lowest BCUT2D eigenvalue weighted by Gasteiger charge is -2.17. The van der Waals surface area contributed by atoms with Crippen molar-refractivity contribution in [2.45, 2.75) is 32.6 Å². The van der Waals surface area contributed by atoms with Gasteiger partial charge in [-0.15, -0.1) is 0 Å². The summed E-state index contributed by atoms with van der Waals surface area (Å²) in [5.41, 5.74) is -2.56. The van der Waals surface area contributed by atoms with Crippen LogP contribution in [-0.2, 0) is 18.8 Å². The van der Waals surface area contributed by atoms with Gasteiger partial charge in [0, 0.05) is 0 Å². The van der Waals surface area contributed by atoms with Gasteiger partial charge in [0.25, 0.3) is 0 Å². The Labute approximate surface area is 94.2 Å². The Hall–Kier alpha value is -1.20. The number of benzene rings is 1. The predicted molar refractivity (Wildman–Crippen MR) is 50.6 cm³/mol. The van der Waals surface area contributed by atoms with Crippen molar-refractivity contribution in [1.82, 2.24) is 0 Å².